The molecule has 2 aliphatic rings. The standard InChI is InChI=1S/C18H27NO4/c1-4-22-17-10-18(23-12-17)5-6-19(13-18)11-14-7-15(20-2)9-16(8-14)21-3/h7-9,17H,4-6,10-13H2,1-3H3/t17-,18+/m1/s1. The van der Waals surface area contributed by atoms with Crippen LogP contribution in [0.25, 0.3) is 0 Å². The Morgan fingerprint density at radius 1 is 1.22 bits per heavy atom. The van der Waals surface area contributed by atoms with Gasteiger partial charge < -0.3 is 18.9 Å². The molecule has 2 fully saturated rings. The van der Waals surface area contributed by atoms with Crippen molar-refractivity contribution in [1.29, 1.82) is 0 Å². The van der Waals surface area contributed by atoms with Crippen molar-refractivity contribution in [3.05, 3.63) is 23.8 Å². The minimum atomic E-state index is -0.0111. The molecule has 3 rings (SSSR count). The van der Waals surface area contributed by atoms with Crippen LogP contribution in [-0.4, -0.2) is 57.1 Å². The first kappa shape index (κ1) is 16.6. The van der Waals surface area contributed by atoms with Crippen LogP contribution in [0.1, 0.15) is 25.3 Å². The van der Waals surface area contributed by atoms with E-state index in [9.17, 15) is 0 Å². The van der Waals surface area contributed by atoms with Crippen LogP contribution in [0.2, 0.25) is 0 Å². The van der Waals surface area contributed by atoms with E-state index < -0.39 is 0 Å². The molecule has 1 aromatic carbocycles. The second-order valence-corrected chi connectivity index (χ2v) is 6.46. The Labute approximate surface area is 138 Å². The van der Waals surface area contributed by atoms with Gasteiger partial charge in [-0.25, -0.2) is 0 Å². The highest BCUT2D eigenvalue weighted by Gasteiger charge is 2.45. The largest absolute Gasteiger partial charge is 0.497 e. The zero-order valence-electron chi connectivity index (χ0n) is 14.3. The van der Waals surface area contributed by atoms with Crippen molar-refractivity contribution < 1.29 is 18.9 Å². The molecule has 0 bridgehead atoms. The quantitative estimate of drug-likeness (QED) is 0.805. The summed E-state index contributed by atoms with van der Waals surface area (Å²) >= 11 is 0. The number of methoxy groups -OCH3 is 2. The van der Waals surface area contributed by atoms with Crippen LogP contribution in [0.5, 0.6) is 11.5 Å². The molecule has 0 saturated carbocycles. The van der Waals surface area contributed by atoms with Gasteiger partial charge in [0.1, 0.15) is 11.5 Å². The first-order valence-electron chi connectivity index (χ1n) is 8.36. The SMILES string of the molecule is CCO[C@H]1CO[C@@]2(CCN(Cc3cc(OC)cc(OC)c3)C2)C1. The van der Waals surface area contributed by atoms with Gasteiger partial charge in [0.2, 0.25) is 0 Å². The molecule has 2 aliphatic heterocycles. The molecule has 128 valence electrons. The van der Waals surface area contributed by atoms with Crippen molar-refractivity contribution in [2.75, 3.05) is 40.5 Å². The lowest BCUT2D eigenvalue weighted by Crippen LogP contribution is -2.33. The van der Waals surface area contributed by atoms with Crippen molar-refractivity contribution in [3.8, 4) is 11.5 Å². The fourth-order valence-corrected chi connectivity index (χ4v) is 3.71. The normalized spacial score (nSPS) is 27.7. The van der Waals surface area contributed by atoms with Crippen LogP contribution < -0.4 is 9.47 Å². The van der Waals surface area contributed by atoms with E-state index in [-0.39, 0.29) is 11.7 Å². The van der Waals surface area contributed by atoms with Gasteiger partial charge in [0.15, 0.2) is 0 Å². The summed E-state index contributed by atoms with van der Waals surface area (Å²) in [7, 11) is 3.37. The van der Waals surface area contributed by atoms with Gasteiger partial charge in [-0.2, -0.15) is 0 Å². The van der Waals surface area contributed by atoms with E-state index >= 15 is 0 Å². The Balaban J connectivity index is 1.62. The fourth-order valence-electron chi connectivity index (χ4n) is 3.71. The molecule has 0 aromatic heterocycles. The van der Waals surface area contributed by atoms with Crippen LogP contribution in [0.3, 0.4) is 0 Å². The predicted octanol–water partition coefficient (Wildman–Crippen LogP) is 2.47. The topological polar surface area (TPSA) is 40.2 Å². The van der Waals surface area contributed by atoms with Gasteiger partial charge in [0.25, 0.3) is 0 Å². The average Bonchev–Trinajstić information content (AvgIpc) is 3.14. The Morgan fingerprint density at radius 3 is 2.61 bits per heavy atom. The summed E-state index contributed by atoms with van der Waals surface area (Å²) < 4.78 is 22.5. The zero-order chi connectivity index (χ0) is 16.3. The van der Waals surface area contributed by atoms with E-state index in [4.69, 9.17) is 18.9 Å². The molecule has 2 heterocycles. The lowest BCUT2D eigenvalue weighted by atomic mass is 9.98. The molecule has 0 N–H and O–H groups in total. The average molecular weight is 321 g/mol. The van der Waals surface area contributed by atoms with Crippen LogP contribution in [-0.2, 0) is 16.0 Å². The number of hydrogen-bond donors (Lipinski definition) is 0. The van der Waals surface area contributed by atoms with Gasteiger partial charge in [-0.3, -0.25) is 4.90 Å². The highest BCUT2D eigenvalue weighted by Crippen LogP contribution is 2.37. The molecular weight excluding hydrogens is 294 g/mol. The molecule has 1 aromatic rings. The van der Waals surface area contributed by atoms with Crippen LogP contribution in [0.15, 0.2) is 18.2 Å². The molecule has 0 unspecified atom stereocenters. The van der Waals surface area contributed by atoms with Crippen molar-refractivity contribution in [2.45, 2.75) is 38.0 Å². The summed E-state index contributed by atoms with van der Waals surface area (Å²) in [5.41, 5.74) is 1.19. The maximum atomic E-state index is 6.11. The number of hydrogen-bond acceptors (Lipinski definition) is 5. The molecule has 2 saturated heterocycles. The minimum absolute atomic E-state index is 0.0111. The molecule has 2 atom stereocenters. The number of ether oxygens (including phenoxy) is 4. The second kappa shape index (κ2) is 7.07. The second-order valence-electron chi connectivity index (χ2n) is 6.46. The maximum absolute atomic E-state index is 6.11. The van der Waals surface area contributed by atoms with Gasteiger partial charge in [-0.15, -0.1) is 0 Å². The summed E-state index contributed by atoms with van der Waals surface area (Å²) in [6, 6.07) is 6.06. The molecule has 0 amide bonds. The summed E-state index contributed by atoms with van der Waals surface area (Å²) in [6.07, 6.45) is 2.35. The van der Waals surface area contributed by atoms with Crippen molar-refractivity contribution in [1.82, 2.24) is 4.90 Å². The summed E-state index contributed by atoms with van der Waals surface area (Å²) in [5.74, 6) is 1.67. The molecular formula is C18H27NO4. The smallest absolute Gasteiger partial charge is 0.122 e. The number of benzene rings is 1. The number of rotatable bonds is 6. The Bertz CT molecular complexity index is 514. The summed E-state index contributed by atoms with van der Waals surface area (Å²) in [6.45, 7) is 6.45. The molecule has 5 nitrogen and oxygen atoms in total. The van der Waals surface area contributed by atoms with Gasteiger partial charge in [0, 0.05) is 38.7 Å². The minimum Gasteiger partial charge on any atom is -0.497 e. The van der Waals surface area contributed by atoms with Crippen LogP contribution in [0, 0.1) is 0 Å². The fraction of sp³-hybridized carbons (Fsp3) is 0.667. The van der Waals surface area contributed by atoms with Gasteiger partial charge in [-0.05, 0) is 31.0 Å². The highest BCUT2D eigenvalue weighted by atomic mass is 16.6. The molecule has 5 heteroatoms. The Morgan fingerprint density at radius 2 is 1.96 bits per heavy atom. The first-order valence-corrected chi connectivity index (χ1v) is 8.36. The highest BCUT2D eigenvalue weighted by molar-refractivity contribution is 5.38. The third-order valence-electron chi connectivity index (χ3n) is 4.79. The first-order chi connectivity index (χ1) is 11.2. The maximum Gasteiger partial charge on any atom is 0.122 e. The van der Waals surface area contributed by atoms with E-state index in [1.54, 1.807) is 14.2 Å². The third-order valence-corrected chi connectivity index (χ3v) is 4.79. The zero-order valence-corrected chi connectivity index (χ0v) is 14.3. The Kier molecular flexibility index (Phi) is 5.09. The van der Waals surface area contributed by atoms with Gasteiger partial charge in [0.05, 0.1) is 32.5 Å². The third kappa shape index (κ3) is 3.79. The molecule has 1 spiro atoms. The lowest BCUT2D eigenvalue weighted by molar-refractivity contribution is 0.00318. The van der Waals surface area contributed by atoms with Crippen LogP contribution in [0.4, 0.5) is 0 Å². The molecule has 0 aliphatic carbocycles. The van der Waals surface area contributed by atoms with Crippen molar-refractivity contribution >= 4 is 0 Å². The van der Waals surface area contributed by atoms with Gasteiger partial charge in [-0.1, -0.05) is 0 Å². The molecule has 23 heavy (non-hydrogen) atoms. The van der Waals surface area contributed by atoms with Gasteiger partial charge >= 0.3 is 0 Å². The van der Waals surface area contributed by atoms with E-state index in [2.05, 4.69) is 17.0 Å². The lowest BCUT2D eigenvalue weighted by Gasteiger charge is -2.23. The van der Waals surface area contributed by atoms with Crippen molar-refractivity contribution in [3.63, 3.8) is 0 Å². The van der Waals surface area contributed by atoms with E-state index in [0.29, 0.717) is 0 Å². The van der Waals surface area contributed by atoms with E-state index in [1.807, 2.05) is 13.0 Å². The monoisotopic (exact) mass is 321 g/mol. The van der Waals surface area contributed by atoms with Crippen molar-refractivity contribution in [2.24, 2.45) is 0 Å². The van der Waals surface area contributed by atoms with E-state index in [1.165, 1.54) is 5.56 Å². The molecule has 0 radical (unpaired) electrons. The predicted molar refractivity (Wildman–Crippen MR) is 88.2 cm³/mol. The Hall–Kier alpha value is -1.30. The summed E-state index contributed by atoms with van der Waals surface area (Å²) in [5, 5.41) is 0. The van der Waals surface area contributed by atoms with E-state index in [0.717, 1.165) is 57.2 Å². The number of nitrogens with zero attached hydrogens (tertiary/aromatic N) is 1. The number of likely N-dealkylation sites (tertiary alicyclic amines) is 1. The summed E-state index contributed by atoms with van der Waals surface area (Å²) in [4.78, 5) is 2.45. The van der Waals surface area contributed by atoms with Crippen LogP contribution >= 0.6 is 0 Å².